The van der Waals surface area contributed by atoms with Crippen LogP contribution in [-0.2, 0) is 6.42 Å². The van der Waals surface area contributed by atoms with Crippen LogP contribution in [-0.4, -0.2) is 6.54 Å². The Labute approximate surface area is 122 Å². The van der Waals surface area contributed by atoms with Crippen LogP contribution >= 0.6 is 0 Å². The molecule has 2 aromatic rings. The summed E-state index contributed by atoms with van der Waals surface area (Å²) in [4.78, 5) is 0. The Hall–Kier alpha value is -1.76. The van der Waals surface area contributed by atoms with Crippen molar-refractivity contribution in [3.05, 3.63) is 51.6 Å². The van der Waals surface area contributed by atoms with Crippen molar-refractivity contribution in [2.75, 3.05) is 11.9 Å². The molecule has 1 heterocycles. The quantitative estimate of drug-likeness (QED) is 0.776. The summed E-state index contributed by atoms with van der Waals surface area (Å²) in [6.45, 7) is 12.3. The maximum absolute atomic E-state index is 3.44. The molecule has 0 unspecified atom stereocenters. The molecule has 0 aromatic heterocycles. The highest BCUT2D eigenvalue weighted by Crippen LogP contribution is 2.36. The van der Waals surface area contributed by atoms with Crippen molar-refractivity contribution in [1.29, 1.82) is 0 Å². The molecule has 1 heteroatoms. The fourth-order valence-corrected chi connectivity index (χ4v) is 3.39. The Morgan fingerprint density at radius 1 is 0.800 bits per heavy atom. The van der Waals surface area contributed by atoms with Gasteiger partial charge in [0, 0.05) is 12.2 Å². The van der Waals surface area contributed by atoms with E-state index in [0.29, 0.717) is 0 Å². The zero-order valence-corrected chi connectivity index (χ0v) is 13.1. The molecule has 0 radical (unpaired) electrons. The van der Waals surface area contributed by atoms with E-state index in [0.717, 1.165) is 13.0 Å². The number of nitrogens with one attached hydrogen (secondary N) is 1. The second-order valence-electron chi connectivity index (χ2n) is 6.05. The van der Waals surface area contributed by atoms with Gasteiger partial charge < -0.3 is 5.32 Å². The van der Waals surface area contributed by atoms with Gasteiger partial charge in [0.15, 0.2) is 0 Å². The SMILES string of the molecule is Cc1c(C)c(C)c(-c2ccc3c(c2)CCN3)c(C)c1C. The van der Waals surface area contributed by atoms with Gasteiger partial charge in [-0.05, 0) is 97.7 Å². The lowest BCUT2D eigenvalue weighted by molar-refractivity contribution is 1.11. The average molecular weight is 265 g/mol. The molecule has 0 fully saturated rings. The predicted molar refractivity (Wildman–Crippen MR) is 87.8 cm³/mol. The monoisotopic (exact) mass is 265 g/mol. The first-order chi connectivity index (χ1) is 9.50. The van der Waals surface area contributed by atoms with Crippen molar-refractivity contribution < 1.29 is 0 Å². The van der Waals surface area contributed by atoms with Crippen LogP contribution in [0.1, 0.15) is 33.4 Å². The van der Waals surface area contributed by atoms with Crippen molar-refractivity contribution in [2.45, 2.75) is 41.0 Å². The van der Waals surface area contributed by atoms with Gasteiger partial charge in [-0.2, -0.15) is 0 Å². The maximum Gasteiger partial charge on any atom is 0.0373 e. The minimum Gasteiger partial charge on any atom is -0.384 e. The molecule has 0 amide bonds. The van der Waals surface area contributed by atoms with E-state index in [1.54, 1.807) is 0 Å². The van der Waals surface area contributed by atoms with Gasteiger partial charge in [0.2, 0.25) is 0 Å². The molecule has 0 spiro atoms. The lowest BCUT2D eigenvalue weighted by atomic mass is 9.86. The Morgan fingerprint density at radius 2 is 1.40 bits per heavy atom. The van der Waals surface area contributed by atoms with Crippen molar-refractivity contribution >= 4 is 5.69 Å². The summed E-state index contributed by atoms with van der Waals surface area (Å²) in [6, 6.07) is 6.88. The van der Waals surface area contributed by atoms with Gasteiger partial charge in [-0.3, -0.25) is 0 Å². The first-order valence-corrected chi connectivity index (χ1v) is 7.45. The van der Waals surface area contributed by atoms with E-state index in [2.05, 4.69) is 58.1 Å². The van der Waals surface area contributed by atoms with E-state index in [1.807, 2.05) is 0 Å². The van der Waals surface area contributed by atoms with Gasteiger partial charge in [-0.15, -0.1) is 0 Å². The second kappa shape index (κ2) is 4.66. The largest absolute Gasteiger partial charge is 0.384 e. The summed E-state index contributed by atoms with van der Waals surface area (Å²) >= 11 is 0. The lowest BCUT2D eigenvalue weighted by Crippen LogP contribution is -1.99. The average Bonchev–Trinajstić information content (AvgIpc) is 2.91. The Bertz CT molecular complexity index is 666. The third-order valence-electron chi connectivity index (χ3n) is 5.10. The third kappa shape index (κ3) is 1.84. The highest BCUT2D eigenvalue weighted by atomic mass is 14.9. The number of hydrogen-bond acceptors (Lipinski definition) is 1. The zero-order chi connectivity index (χ0) is 14.4. The third-order valence-corrected chi connectivity index (χ3v) is 5.10. The molecular weight excluding hydrogens is 242 g/mol. The summed E-state index contributed by atoms with van der Waals surface area (Å²) in [7, 11) is 0. The van der Waals surface area contributed by atoms with E-state index < -0.39 is 0 Å². The number of rotatable bonds is 1. The second-order valence-corrected chi connectivity index (χ2v) is 6.05. The minimum absolute atomic E-state index is 1.07. The number of hydrogen-bond donors (Lipinski definition) is 1. The standard InChI is InChI=1S/C19H23N/c1-11-12(2)14(4)19(15(5)13(11)3)17-6-7-18-16(10-17)8-9-20-18/h6-7,10,20H,8-9H2,1-5H3. The van der Waals surface area contributed by atoms with E-state index in [1.165, 1.54) is 50.2 Å². The van der Waals surface area contributed by atoms with Crippen LogP contribution < -0.4 is 5.32 Å². The first-order valence-electron chi connectivity index (χ1n) is 7.45. The van der Waals surface area contributed by atoms with Crippen LogP contribution in [0, 0.1) is 34.6 Å². The molecule has 1 aliphatic rings. The summed E-state index contributed by atoms with van der Waals surface area (Å²) in [5.41, 5.74) is 12.7. The smallest absolute Gasteiger partial charge is 0.0373 e. The summed E-state index contributed by atoms with van der Waals surface area (Å²) < 4.78 is 0. The molecule has 0 saturated carbocycles. The highest BCUT2D eigenvalue weighted by molar-refractivity contribution is 5.77. The van der Waals surface area contributed by atoms with Crippen LogP contribution in [0.25, 0.3) is 11.1 Å². The Balaban J connectivity index is 2.25. The topological polar surface area (TPSA) is 12.0 Å². The molecule has 0 atom stereocenters. The minimum atomic E-state index is 1.07. The molecule has 1 aliphatic heterocycles. The predicted octanol–water partition coefficient (Wildman–Crippen LogP) is 4.86. The zero-order valence-electron chi connectivity index (χ0n) is 13.1. The molecule has 1 nitrogen and oxygen atoms in total. The van der Waals surface area contributed by atoms with Crippen molar-refractivity contribution in [3.8, 4) is 11.1 Å². The van der Waals surface area contributed by atoms with Crippen molar-refractivity contribution in [2.24, 2.45) is 0 Å². The van der Waals surface area contributed by atoms with Gasteiger partial charge in [-0.1, -0.05) is 6.07 Å². The normalized spacial score (nSPS) is 13.2. The Morgan fingerprint density at radius 3 is 2.05 bits per heavy atom. The van der Waals surface area contributed by atoms with Gasteiger partial charge in [0.1, 0.15) is 0 Å². The molecular formula is C19H23N. The van der Waals surface area contributed by atoms with Gasteiger partial charge in [0.05, 0.1) is 0 Å². The number of benzene rings is 2. The van der Waals surface area contributed by atoms with Crippen LogP contribution in [0.3, 0.4) is 0 Å². The molecule has 3 rings (SSSR count). The number of anilines is 1. The van der Waals surface area contributed by atoms with E-state index in [9.17, 15) is 0 Å². The molecule has 0 aliphatic carbocycles. The summed E-state index contributed by atoms with van der Waals surface area (Å²) in [5.74, 6) is 0. The van der Waals surface area contributed by atoms with Crippen LogP contribution in [0.15, 0.2) is 18.2 Å². The summed E-state index contributed by atoms with van der Waals surface area (Å²) in [5, 5.41) is 3.44. The van der Waals surface area contributed by atoms with Crippen molar-refractivity contribution in [3.63, 3.8) is 0 Å². The van der Waals surface area contributed by atoms with Crippen LogP contribution in [0.2, 0.25) is 0 Å². The fourth-order valence-electron chi connectivity index (χ4n) is 3.39. The lowest BCUT2D eigenvalue weighted by Gasteiger charge is -2.19. The van der Waals surface area contributed by atoms with E-state index in [4.69, 9.17) is 0 Å². The molecule has 0 bridgehead atoms. The molecule has 1 N–H and O–H groups in total. The van der Waals surface area contributed by atoms with Crippen molar-refractivity contribution in [1.82, 2.24) is 0 Å². The fraction of sp³-hybridized carbons (Fsp3) is 0.368. The van der Waals surface area contributed by atoms with E-state index in [-0.39, 0.29) is 0 Å². The van der Waals surface area contributed by atoms with Crippen LogP contribution in [0.5, 0.6) is 0 Å². The van der Waals surface area contributed by atoms with Gasteiger partial charge in [-0.25, -0.2) is 0 Å². The van der Waals surface area contributed by atoms with Crippen LogP contribution in [0.4, 0.5) is 5.69 Å². The Kier molecular flexibility index (Phi) is 3.08. The van der Waals surface area contributed by atoms with Gasteiger partial charge >= 0.3 is 0 Å². The number of fused-ring (bicyclic) bond motifs is 1. The first kappa shape index (κ1) is 13.2. The molecule has 2 aromatic carbocycles. The maximum atomic E-state index is 3.44. The van der Waals surface area contributed by atoms with Gasteiger partial charge in [0.25, 0.3) is 0 Å². The van der Waals surface area contributed by atoms with E-state index >= 15 is 0 Å². The molecule has 20 heavy (non-hydrogen) atoms. The summed E-state index contributed by atoms with van der Waals surface area (Å²) in [6.07, 6.45) is 1.14. The molecule has 0 saturated heterocycles. The molecule has 104 valence electrons. The highest BCUT2D eigenvalue weighted by Gasteiger charge is 2.16.